The van der Waals surface area contributed by atoms with Crippen LogP contribution in [0.25, 0.3) is 0 Å². The van der Waals surface area contributed by atoms with Gasteiger partial charge in [-0.3, -0.25) is 9.59 Å². The van der Waals surface area contributed by atoms with E-state index in [-0.39, 0.29) is 33.9 Å². The van der Waals surface area contributed by atoms with Crippen LogP contribution in [0.2, 0.25) is 5.02 Å². The van der Waals surface area contributed by atoms with E-state index in [4.69, 9.17) is 44.8 Å². The Kier molecular flexibility index (Phi) is 11.7. The normalized spacial score (nSPS) is 10.6. The Morgan fingerprint density at radius 1 is 0.604 bits per heavy atom. The van der Waals surface area contributed by atoms with Crippen LogP contribution in [-0.2, 0) is 0 Å². The summed E-state index contributed by atoms with van der Waals surface area (Å²) in [5.74, 6) is 0.339. The maximum atomic E-state index is 13.0. The zero-order valence-corrected chi connectivity index (χ0v) is 27.6. The molecule has 0 heterocycles. The largest absolute Gasteiger partial charge is 0.493 e. The molecule has 2 N–H and O–H groups in total. The first-order valence-electron chi connectivity index (χ1n) is 14.0. The highest BCUT2D eigenvalue weighted by Gasteiger charge is 2.20. The highest BCUT2D eigenvalue weighted by Crippen LogP contribution is 2.39. The summed E-state index contributed by atoms with van der Waals surface area (Å²) in [6.45, 7) is 0. The lowest BCUT2D eigenvalue weighted by Gasteiger charge is -2.14. The Hall–Kier alpha value is -5.95. The minimum Gasteiger partial charge on any atom is -0.493 e. The van der Waals surface area contributed by atoms with Crippen molar-refractivity contribution < 1.29 is 47.5 Å². The predicted octanol–water partition coefficient (Wildman–Crippen LogP) is 5.63. The lowest BCUT2D eigenvalue weighted by molar-refractivity contribution is 0.0733. The highest BCUT2D eigenvalue weighted by atomic mass is 35.5. The monoisotopic (exact) mass is 677 g/mol. The van der Waals surface area contributed by atoms with Gasteiger partial charge in [0.1, 0.15) is 5.75 Å². The quantitative estimate of drug-likeness (QED) is 0.0789. The van der Waals surface area contributed by atoms with Crippen LogP contribution in [0, 0.1) is 0 Å². The van der Waals surface area contributed by atoms with Crippen molar-refractivity contribution in [2.24, 2.45) is 5.10 Å². The molecule has 4 aromatic rings. The molecular formula is C34H32ClN3O10. The molecule has 4 rings (SSSR count). The maximum Gasteiger partial charge on any atom is 0.343 e. The Labute approximate surface area is 281 Å². The molecule has 0 aliphatic carbocycles. The zero-order valence-electron chi connectivity index (χ0n) is 26.8. The van der Waals surface area contributed by atoms with Gasteiger partial charge in [0.15, 0.2) is 23.0 Å². The van der Waals surface area contributed by atoms with Crippen LogP contribution in [0.5, 0.6) is 40.2 Å². The average Bonchev–Trinajstić information content (AvgIpc) is 3.11. The molecule has 2 amide bonds. The van der Waals surface area contributed by atoms with Crippen LogP contribution >= 0.6 is 11.6 Å². The topological polar surface area (TPSA) is 152 Å². The molecule has 0 aliphatic rings. The van der Waals surface area contributed by atoms with Crippen LogP contribution in [0.4, 0.5) is 5.69 Å². The smallest absolute Gasteiger partial charge is 0.343 e. The number of hydrogen-bond acceptors (Lipinski definition) is 11. The number of carbonyl (C=O) groups is 3. The number of methoxy groups -OCH3 is 6. The van der Waals surface area contributed by atoms with Gasteiger partial charge in [-0.15, -0.1) is 0 Å². The zero-order chi connectivity index (χ0) is 34.8. The Morgan fingerprint density at radius 3 is 1.62 bits per heavy atom. The van der Waals surface area contributed by atoms with Gasteiger partial charge in [0, 0.05) is 27.4 Å². The first-order valence-corrected chi connectivity index (χ1v) is 14.4. The second-order valence-corrected chi connectivity index (χ2v) is 10.1. The van der Waals surface area contributed by atoms with Gasteiger partial charge in [0.25, 0.3) is 11.8 Å². The number of hydrazone groups is 1. The van der Waals surface area contributed by atoms with Crippen molar-refractivity contribution in [3.8, 4) is 40.2 Å². The molecule has 0 spiro atoms. The number of benzene rings is 4. The van der Waals surface area contributed by atoms with Gasteiger partial charge in [-0.05, 0) is 66.7 Å². The van der Waals surface area contributed by atoms with Gasteiger partial charge in [0.2, 0.25) is 11.5 Å². The second kappa shape index (κ2) is 16.1. The molecule has 0 unspecified atom stereocenters. The van der Waals surface area contributed by atoms with E-state index < -0.39 is 17.8 Å². The van der Waals surface area contributed by atoms with E-state index in [9.17, 15) is 14.4 Å². The lowest BCUT2D eigenvalue weighted by Crippen LogP contribution is -2.18. The van der Waals surface area contributed by atoms with Crippen molar-refractivity contribution >= 4 is 41.3 Å². The van der Waals surface area contributed by atoms with E-state index in [2.05, 4.69) is 15.8 Å². The first kappa shape index (κ1) is 34.9. The fourth-order valence-electron chi connectivity index (χ4n) is 4.42. The number of esters is 1. The minimum atomic E-state index is -0.715. The summed E-state index contributed by atoms with van der Waals surface area (Å²) in [7, 11) is 8.69. The summed E-state index contributed by atoms with van der Waals surface area (Å²) >= 11 is 6.17. The molecule has 0 aliphatic heterocycles. The minimum absolute atomic E-state index is 0.128. The Bertz CT molecular complexity index is 1790. The van der Waals surface area contributed by atoms with E-state index in [0.717, 1.165) is 0 Å². The molecule has 14 heteroatoms. The van der Waals surface area contributed by atoms with Crippen LogP contribution < -0.4 is 43.9 Å². The van der Waals surface area contributed by atoms with Gasteiger partial charge in [0.05, 0.1) is 54.4 Å². The number of nitrogens with zero attached hydrogens (tertiary/aromatic N) is 1. The maximum absolute atomic E-state index is 13.0. The number of hydrogen-bond donors (Lipinski definition) is 2. The van der Waals surface area contributed by atoms with Crippen molar-refractivity contribution in [3.63, 3.8) is 0 Å². The average molecular weight is 678 g/mol. The number of halogens is 1. The Balaban J connectivity index is 1.43. The number of rotatable bonds is 13. The van der Waals surface area contributed by atoms with Crippen molar-refractivity contribution in [2.45, 2.75) is 0 Å². The number of carbonyl (C=O) groups excluding carboxylic acids is 3. The molecule has 0 radical (unpaired) electrons. The van der Waals surface area contributed by atoms with Gasteiger partial charge in [-0.1, -0.05) is 11.6 Å². The number of anilines is 1. The molecule has 0 bridgehead atoms. The third-order valence-corrected chi connectivity index (χ3v) is 7.01. The van der Waals surface area contributed by atoms with Crippen LogP contribution in [0.3, 0.4) is 0 Å². The van der Waals surface area contributed by atoms with E-state index in [0.29, 0.717) is 39.3 Å². The van der Waals surface area contributed by atoms with Crippen molar-refractivity contribution in [3.05, 3.63) is 94.0 Å². The number of ether oxygens (including phenoxy) is 7. The van der Waals surface area contributed by atoms with Crippen molar-refractivity contribution in [1.29, 1.82) is 0 Å². The fraction of sp³-hybridized carbons (Fsp3) is 0.176. The predicted molar refractivity (Wildman–Crippen MR) is 178 cm³/mol. The molecule has 0 saturated carbocycles. The van der Waals surface area contributed by atoms with Crippen LogP contribution in [0.1, 0.15) is 36.6 Å². The van der Waals surface area contributed by atoms with Gasteiger partial charge < -0.3 is 38.5 Å². The summed E-state index contributed by atoms with van der Waals surface area (Å²) in [5.41, 5.74) is 3.84. The van der Waals surface area contributed by atoms with Crippen LogP contribution in [-0.4, -0.2) is 66.7 Å². The van der Waals surface area contributed by atoms with E-state index in [1.54, 1.807) is 12.1 Å². The first-order chi connectivity index (χ1) is 23.1. The number of nitrogens with one attached hydrogen (secondary N) is 2. The molecule has 13 nitrogen and oxygen atoms in total. The molecular weight excluding hydrogens is 646 g/mol. The van der Waals surface area contributed by atoms with Crippen molar-refractivity contribution in [2.75, 3.05) is 48.0 Å². The van der Waals surface area contributed by atoms with Crippen molar-refractivity contribution in [1.82, 2.24) is 5.43 Å². The van der Waals surface area contributed by atoms with Gasteiger partial charge >= 0.3 is 5.97 Å². The molecule has 0 atom stereocenters. The molecule has 0 fully saturated rings. The lowest BCUT2D eigenvalue weighted by atomic mass is 10.1. The van der Waals surface area contributed by atoms with Gasteiger partial charge in [-0.25, -0.2) is 10.2 Å². The molecule has 250 valence electrons. The molecule has 4 aromatic carbocycles. The summed E-state index contributed by atoms with van der Waals surface area (Å²) in [6, 6.07) is 16.7. The third-order valence-electron chi connectivity index (χ3n) is 6.78. The number of amides is 2. The summed E-state index contributed by atoms with van der Waals surface area (Å²) in [4.78, 5) is 38.7. The van der Waals surface area contributed by atoms with E-state index in [1.165, 1.54) is 103 Å². The SMILES string of the molecule is COc1cc(C(=O)Nc2ccc(C(=O)N/N=C/c3cc(Cl)ccc3OC(=O)c3cc(OC)c(OC)c(OC)c3)cc2)cc(OC)c1OC. The van der Waals surface area contributed by atoms with Crippen LogP contribution in [0.15, 0.2) is 71.8 Å². The summed E-state index contributed by atoms with van der Waals surface area (Å²) in [6.07, 6.45) is 1.29. The highest BCUT2D eigenvalue weighted by molar-refractivity contribution is 6.31. The van der Waals surface area contributed by atoms with E-state index >= 15 is 0 Å². The van der Waals surface area contributed by atoms with Gasteiger partial charge in [-0.2, -0.15) is 5.10 Å². The molecule has 0 aromatic heterocycles. The standard InChI is InChI=1S/C34H32ClN3O10/c1-42-26-14-20(15-27(43-2)30(26)46-5)32(39)37-24-10-7-19(8-11-24)33(40)38-36-18-22-13-23(35)9-12-25(22)48-34(41)21-16-28(44-3)31(47-6)29(17-21)45-4/h7-18H,1-6H3,(H,37,39)(H,38,40)/b36-18+. The molecule has 0 saturated heterocycles. The Morgan fingerprint density at radius 2 is 1.12 bits per heavy atom. The summed E-state index contributed by atoms with van der Waals surface area (Å²) < 4.78 is 37.5. The summed E-state index contributed by atoms with van der Waals surface area (Å²) in [5, 5.41) is 7.11. The second-order valence-electron chi connectivity index (χ2n) is 9.63. The molecule has 48 heavy (non-hydrogen) atoms. The third kappa shape index (κ3) is 8.06. The van der Waals surface area contributed by atoms with E-state index in [1.807, 2.05) is 0 Å². The fourth-order valence-corrected chi connectivity index (χ4v) is 4.60.